The Hall–Kier alpha value is -1.52. The van der Waals surface area contributed by atoms with Gasteiger partial charge in [-0.2, -0.15) is 13.2 Å². The average Bonchev–Trinajstić information content (AvgIpc) is 2.46. The molecular weight excluding hydrogens is 373 g/mol. The Bertz CT molecular complexity index is 731. The topological polar surface area (TPSA) is 89.5 Å². The number of piperidine rings is 1. The van der Waals surface area contributed by atoms with Gasteiger partial charge < -0.3 is 14.8 Å². The fourth-order valence-electron chi connectivity index (χ4n) is 2.36. The van der Waals surface area contributed by atoms with E-state index in [1.807, 2.05) is 0 Å². The average molecular weight is 386 g/mol. The largest absolute Gasteiger partial charge is 0.530 e. The number of likely N-dealkylation sites (tertiary alicyclic amines) is 1. The molecule has 1 saturated heterocycles. The molecule has 1 aromatic rings. The Morgan fingerprint density at radius 1 is 1.29 bits per heavy atom. The first kappa shape index (κ1) is 18.8. The Balaban J connectivity index is 2.13. The molecular formula is C13H13ClF3N2O4S-. The van der Waals surface area contributed by atoms with Gasteiger partial charge in [-0.05, 0) is 31.0 Å². The first-order valence-corrected chi connectivity index (χ1v) is 8.72. The van der Waals surface area contributed by atoms with Crippen molar-refractivity contribution in [2.45, 2.75) is 30.0 Å². The van der Waals surface area contributed by atoms with Crippen molar-refractivity contribution in [2.24, 2.45) is 0 Å². The number of nitrogens with one attached hydrogen (secondary N) is 1. The second-order valence-electron chi connectivity index (χ2n) is 5.29. The van der Waals surface area contributed by atoms with Crippen molar-refractivity contribution in [2.75, 3.05) is 13.1 Å². The van der Waals surface area contributed by atoms with Crippen molar-refractivity contribution in [1.82, 2.24) is 9.62 Å². The quantitative estimate of drug-likeness (QED) is 0.852. The van der Waals surface area contributed by atoms with Crippen molar-refractivity contribution in [3.8, 4) is 0 Å². The van der Waals surface area contributed by atoms with E-state index in [0.717, 1.165) is 11.0 Å². The molecule has 134 valence electrons. The smallest absolute Gasteiger partial charge is 0.416 e. The highest BCUT2D eigenvalue weighted by Gasteiger charge is 2.32. The van der Waals surface area contributed by atoms with Gasteiger partial charge in [0.1, 0.15) is 11.0 Å². The fourth-order valence-corrected chi connectivity index (χ4v) is 4.21. The second-order valence-corrected chi connectivity index (χ2v) is 7.38. The molecule has 1 fully saturated rings. The van der Waals surface area contributed by atoms with Gasteiger partial charge >= 0.3 is 6.18 Å². The van der Waals surface area contributed by atoms with Crippen LogP contribution in [0.25, 0.3) is 0 Å². The molecule has 0 radical (unpaired) electrons. The van der Waals surface area contributed by atoms with Crippen LogP contribution in [0.4, 0.5) is 18.0 Å². The molecule has 24 heavy (non-hydrogen) atoms. The summed E-state index contributed by atoms with van der Waals surface area (Å²) in [5, 5.41) is 10.2. The van der Waals surface area contributed by atoms with Gasteiger partial charge in [-0.1, -0.05) is 11.6 Å². The first-order valence-electron chi connectivity index (χ1n) is 6.86. The minimum absolute atomic E-state index is 0.107. The maximum atomic E-state index is 12.6. The van der Waals surface area contributed by atoms with Crippen LogP contribution in [0.2, 0.25) is 5.02 Å². The molecule has 1 amide bonds. The fraction of sp³-hybridized carbons (Fsp3) is 0.462. The molecule has 6 nitrogen and oxygen atoms in total. The molecule has 0 saturated carbocycles. The maximum absolute atomic E-state index is 12.6. The van der Waals surface area contributed by atoms with Gasteiger partial charge in [-0.3, -0.25) is 0 Å². The maximum Gasteiger partial charge on any atom is 0.416 e. The van der Waals surface area contributed by atoms with Crippen LogP contribution in [0.1, 0.15) is 18.4 Å². The summed E-state index contributed by atoms with van der Waals surface area (Å²) in [7, 11) is -4.12. The first-order chi connectivity index (χ1) is 11.0. The van der Waals surface area contributed by atoms with Crippen LogP contribution in [0.5, 0.6) is 0 Å². The summed E-state index contributed by atoms with van der Waals surface area (Å²) in [6, 6.07) is 1.45. The van der Waals surface area contributed by atoms with Gasteiger partial charge in [-0.15, -0.1) is 0 Å². The van der Waals surface area contributed by atoms with E-state index in [1.54, 1.807) is 0 Å². The van der Waals surface area contributed by atoms with E-state index >= 15 is 0 Å². The number of carbonyl (C=O) groups excluding carboxylic acids is 1. The summed E-state index contributed by atoms with van der Waals surface area (Å²) < 4.78 is 64.7. The van der Waals surface area contributed by atoms with Crippen LogP contribution in [-0.4, -0.2) is 38.5 Å². The second kappa shape index (κ2) is 6.77. The molecule has 0 bridgehead atoms. The monoisotopic (exact) mass is 385 g/mol. The van der Waals surface area contributed by atoms with E-state index < -0.39 is 43.8 Å². The highest BCUT2D eigenvalue weighted by atomic mass is 35.5. The van der Waals surface area contributed by atoms with Crippen LogP contribution in [0.3, 0.4) is 0 Å². The standard InChI is InChI=1S/C13H14ClF3N2O4S/c14-10-7-8(13(15,16)17)1-2-11(10)24(22,23)18-9-3-5-19(6-4-9)12(20)21/h1-2,7,9,18H,3-6H2,(H,20,21)/p-1. The Labute approximate surface area is 141 Å². The lowest BCUT2D eigenvalue weighted by Gasteiger charge is -2.33. The zero-order valence-corrected chi connectivity index (χ0v) is 13.7. The summed E-state index contributed by atoms with van der Waals surface area (Å²) >= 11 is 5.69. The Morgan fingerprint density at radius 2 is 1.88 bits per heavy atom. The van der Waals surface area contributed by atoms with Crippen molar-refractivity contribution in [3.63, 3.8) is 0 Å². The third-order valence-corrected chi connectivity index (χ3v) is 5.63. The molecule has 1 aromatic carbocycles. The van der Waals surface area contributed by atoms with Gasteiger partial charge in [0.05, 0.1) is 10.6 Å². The van der Waals surface area contributed by atoms with Crippen LogP contribution < -0.4 is 9.83 Å². The molecule has 2 rings (SSSR count). The minimum atomic E-state index is -4.63. The molecule has 0 unspecified atom stereocenters. The van der Waals surface area contributed by atoms with E-state index in [4.69, 9.17) is 11.6 Å². The van der Waals surface area contributed by atoms with Gasteiger partial charge in [0.15, 0.2) is 0 Å². The zero-order chi connectivity index (χ0) is 18.1. The number of hydrogen-bond acceptors (Lipinski definition) is 4. The SMILES string of the molecule is O=C([O-])N1CCC(NS(=O)(=O)c2ccc(C(F)(F)F)cc2Cl)CC1. The number of halogens is 4. The summed E-state index contributed by atoms with van der Waals surface area (Å²) in [5.74, 6) is 0. The molecule has 1 aliphatic rings. The molecule has 1 aliphatic heterocycles. The number of carboxylic acid groups (broad SMARTS) is 1. The highest BCUT2D eigenvalue weighted by Crippen LogP contribution is 2.33. The van der Waals surface area contributed by atoms with E-state index in [9.17, 15) is 31.5 Å². The van der Waals surface area contributed by atoms with E-state index in [-0.39, 0.29) is 25.9 Å². The summed E-state index contributed by atoms with van der Waals surface area (Å²) in [5.41, 5.74) is -1.05. The lowest BCUT2D eigenvalue weighted by Crippen LogP contribution is -2.50. The molecule has 1 heterocycles. The number of carbonyl (C=O) groups is 1. The van der Waals surface area contributed by atoms with E-state index in [2.05, 4.69) is 4.72 Å². The van der Waals surface area contributed by atoms with E-state index in [1.165, 1.54) is 0 Å². The number of benzene rings is 1. The van der Waals surface area contributed by atoms with Crippen LogP contribution in [-0.2, 0) is 16.2 Å². The molecule has 0 aromatic heterocycles. The molecule has 1 N–H and O–H groups in total. The lowest BCUT2D eigenvalue weighted by molar-refractivity contribution is -0.266. The molecule has 0 aliphatic carbocycles. The summed E-state index contributed by atoms with van der Waals surface area (Å²) in [6.45, 7) is 0.215. The number of amides is 1. The Morgan fingerprint density at radius 3 is 2.33 bits per heavy atom. The zero-order valence-electron chi connectivity index (χ0n) is 12.1. The van der Waals surface area contributed by atoms with Crippen LogP contribution >= 0.6 is 11.6 Å². The highest BCUT2D eigenvalue weighted by molar-refractivity contribution is 7.89. The van der Waals surface area contributed by atoms with Crippen LogP contribution in [0, 0.1) is 0 Å². The van der Waals surface area contributed by atoms with Crippen molar-refractivity contribution in [1.29, 1.82) is 0 Å². The lowest BCUT2D eigenvalue weighted by atomic mass is 10.1. The van der Waals surface area contributed by atoms with Crippen molar-refractivity contribution < 1.29 is 31.5 Å². The van der Waals surface area contributed by atoms with Gasteiger partial charge in [0.25, 0.3) is 0 Å². The summed E-state index contributed by atoms with van der Waals surface area (Å²) in [4.78, 5) is 11.3. The number of sulfonamides is 1. The minimum Gasteiger partial charge on any atom is -0.530 e. The number of hydrogen-bond donors (Lipinski definition) is 1. The summed E-state index contributed by atoms with van der Waals surface area (Å²) in [6.07, 6.45) is -5.50. The Kier molecular flexibility index (Phi) is 5.31. The predicted octanol–water partition coefficient (Wildman–Crippen LogP) is 1.44. The van der Waals surface area contributed by atoms with Gasteiger partial charge in [-0.25, -0.2) is 13.1 Å². The number of alkyl halides is 3. The number of nitrogens with zero attached hydrogens (tertiary/aromatic N) is 1. The normalized spacial score (nSPS) is 17.1. The van der Waals surface area contributed by atoms with Gasteiger partial charge in [0.2, 0.25) is 10.0 Å². The third-order valence-electron chi connectivity index (χ3n) is 3.62. The van der Waals surface area contributed by atoms with E-state index in [0.29, 0.717) is 12.1 Å². The third kappa shape index (κ3) is 4.31. The van der Waals surface area contributed by atoms with Gasteiger partial charge in [0, 0.05) is 19.1 Å². The van der Waals surface area contributed by atoms with Crippen molar-refractivity contribution >= 4 is 27.7 Å². The predicted molar refractivity (Wildman–Crippen MR) is 76.8 cm³/mol. The molecule has 0 atom stereocenters. The van der Waals surface area contributed by atoms with Crippen molar-refractivity contribution in [3.05, 3.63) is 28.8 Å². The van der Waals surface area contributed by atoms with Crippen LogP contribution in [0.15, 0.2) is 23.1 Å². The molecule has 0 spiro atoms. The number of rotatable bonds is 3. The molecule has 11 heteroatoms.